The Labute approximate surface area is 125 Å². The molecule has 1 atom stereocenters. The smallest absolute Gasteiger partial charge is 0.226 e. The van der Waals surface area contributed by atoms with Crippen LogP contribution in [0.15, 0.2) is 28.8 Å². The molecule has 1 N–H and O–H groups in total. The zero-order valence-corrected chi connectivity index (χ0v) is 12.6. The van der Waals surface area contributed by atoms with Crippen molar-refractivity contribution in [1.82, 2.24) is 10.1 Å². The van der Waals surface area contributed by atoms with Gasteiger partial charge in [-0.1, -0.05) is 37.6 Å². The molecule has 5 heteroatoms. The number of rotatable bonds is 8. The maximum absolute atomic E-state index is 9.73. The second-order valence-corrected chi connectivity index (χ2v) is 4.99. The Morgan fingerprint density at radius 2 is 2.00 bits per heavy atom. The average Bonchev–Trinajstić information content (AvgIpc) is 2.98. The van der Waals surface area contributed by atoms with Crippen molar-refractivity contribution < 1.29 is 14.4 Å². The third kappa shape index (κ3) is 4.56. The van der Waals surface area contributed by atoms with E-state index in [1.807, 2.05) is 31.2 Å². The van der Waals surface area contributed by atoms with Gasteiger partial charge in [0, 0.05) is 6.42 Å². The molecule has 0 saturated carbocycles. The van der Waals surface area contributed by atoms with Crippen LogP contribution in [0.3, 0.4) is 0 Å². The van der Waals surface area contributed by atoms with Crippen LogP contribution in [0, 0.1) is 0 Å². The molecule has 1 unspecified atom stereocenters. The zero-order chi connectivity index (χ0) is 15.1. The molecular weight excluding hydrogens is 268 g/mol. The molecule has 114 valence electrons. The van der Waals surface area contributed by atoms with Crippen molar-refractivity contribution in [1.29, 1.82) is 0 Å². The van der Waals surface area contributed by atoms with Crippen LogP contribution in [0.1, 0.15) is 56.5 Å². The zero-order valence-electron chi connectivity index (χ0n) is 12.6. The lowest BCUT2D eigenvalue weighted by molar-refractivity contribution is 0.173. The molecule has 2 aromatic rings. The van der Waals surface area contributed by atoms with Crippen LogP contribution >= 0.6 is 0 Å². The first-order valence-corrected chi connectivity index (χ1v) is 7.45. The van der Waals surface area contributed by atoms with Crippen LogP contribution < -0.4 is 4.74 Å². The first-order chi connectivity index (χ1) is 10.2. The number of benzene rings is 1. The fourth-order valence-electron chi connectivity index (χ4n) is 1.95. The highest BCUT2D eigenvalue weighted by Gasteiger charge is 2.07. The van der Waals surface area contributed by atoms with Gasteiger partial charge in [0.15, 0.2) is 6.61 Å². The number of aliphatic hydroxyl groups is 1. The number of nitrogens with zero attached hydrogens (tertiary/aromatic N) is 2. The Bertz CT molecular complexity index is 537. The van der Waals surface area contributed by atoms with Gasteiger partial charge in [0.05, 0.1) is 6.10 Å². The summed E-state index contributed by atoms with van der Waals surface area (Å²) in [5.74, 6) is 1.94. The number of ether oxygens (including phenoxy) is 1. The monoisotopic (exact) mass is 290 g/mol. The van der Waals surface area contributed by atoms with Crippen LogP contribution in [-0.4, -0.2) is 15.2 Å². The van der Waals surface area contributed by atoms with Gasteiger partial charge < -0.3 is 14.4 Å². The summed E-state index contributed by atoms with van der Waals surface area (Å²) in [6.45, 7) is 4.35. The topological polar surface area (TPSA) is 68.4 Å². The fraction of sp³-hybridized carbons (Fsp3) is 0.500. The Balaban J connectivity index is 1.86. The summed E-state index contributed by atoms with van der Waals surface area (Å²) in [5.41, 5.74) is 0.895. The van der Waals surface area contributed by atoms with Crippen molar-refractivity contribution in [2.75, 3.05) is 0 Å². The summed E-state index contributed by atoms with van der Waals surface area (Å²) in [6.07, 6.45) is 3.24. The minimum atomic E-state index is -0.419. The molecule has 1 aromatic carbocycles. The molecule has 0 amide bonds. The number of aromatic nitrogens is 2. The summed E-state index contributed by atoms with van der Waals surface area (Å²) in [4.78, 5) is 4.28. The van der Waals surface area contributed by atoms with E-state index in [-0.39, 0.29) is 6.61 Å². The molecule has 0 fully saturated rings. The van der Waals surface area contributed by atoms with E-state index in [0.29, 0.717) is 18.1 Å². The quantitative estimate of drug-likeness (QED) is 0.806. The second-order valence-electron chi connectivity index (χ2n) is 4.99. The summed E-state index contributed by atoms with van der Waals surface area (Å²) < 4.78 is 10.8. The Kier molecular flexibility index (Phi) is 5.75. The number of hydrogen-bond acceptors (Lipinski definition) is 5. The number of unbranched alkanes of at least 4 members (excludes halogenated alkanes) is 1. The highest BCUT2D eigenvalue weighted by atomic mass is 16.5. The van der Waals surface area contributed by atoms with Gasteiger partial charge in [0.25, 0.3) is 0 Å². The number of hydrogen-bond donors (Lipinski definition) is 1. The van der Waals surface area contributed by atoms with Crippen molar-refractivity contribution in [2.45, 2.75) is 52.2 Å². The lowest BCUT2D eigenvalue weighted by atomic mass is 10.1. The largest absolute Gasteiger partial charge is 0.485 e. The van der Waals surface area contributed by atoms with Crippen LogP contribution in [0.5, 0.6) is 5.75 Å². The maximum Gasteiger partial charge on any atom is 0.226 e. The van der Waals surface area contributed by atoms with Gasteiger partial charge in [-0.05, 0) is 30.5 Å². The van der Waals surface area contributed by atoms with Gasteiger partial charge >= 0.3 is 0 Å². The first-order valence-electron chi connectivity index (χ1n) is 7.45. The van der Waals surface area contributed by atoms with Crippen LogP contribution in [0.4, 0.5) is 0 Å². The van der Waals surface area contributed by atoms with Crippen molar-refractivity contribution in [3.63, 3.8) is 0 Å². The summed E-state index contributed by atoms with van der Waals surface area (Å²) in [7, 11) is 0. The Morgan fingerprint density at radius 3 is 2.67 bits per heavy atom. The number of aliphatic hydroxyl groups excluding tert-OH is 1. The van der Waals surface area contributed by atoms with Crippen molar-refractivity contribution in [3.05, 3.63) is 41.5 Å². The minimum Gasteiger partial charge on any atom is -0.485 e. The highest BCUT2D eigenvalue weighted by Crippen LogP contribution is 2.20. The summed E-state index contributed by atoms with van der Waals surface area (Å²) in [6, 6.07) is 7.41. The second kappa shape index (κ2) is 7.78. The summed E-state index contributed by atoms with van der Waals surface area (Å²) >= 11 is 0. The van der Waals surface area contributed by atoms with Crippen molar-refractivity contribution >= 4 is 0 Å². The summed E-state index contributed by atoms with van der Waals surface area (Å²) in [5, 5.41) is 13.6. The van der Waals surface area contributed by atoms with Crippen LogP contribution in [-0.2, 0) is 13.0 Å². The lowest BCUT2D eigenvalue weighted by Crippen LogP contribution is -1.99. The van der Waals surface area contributed by atoms with E-state index in [4.69, 9.17) is 9.26 Å². The number of aryl methyl sites for hydroxylation is 1. The first kappa shape index (κ1) is 15.5. The van der Waals surface area contributed by atoms with E-state index < -0.39 is 6.10 Å². The van der Waals surface area contributed by atoms with Gasteiger partial charge in [-0.3, -0.25) is 0 Å². The molecule has 0 aliphatic heterocycles. The molecule has 1 aromatic heterocycles. The van der Waals surface area contributed by atoms with Crippen molar-refractivity contribution in [2.24, 2.45) is 0 Å². The van der Waals surface area contributed by atoms with E-state index in [0.717, 1.165) is 30.6 Å². The lowest BCUT2D eigenvalue weighted by Gasteiger charge is -2.09. The highest BCUT2D eigenvalue weighted by molar-refractivity contribution is 5.28. The molecule has 0 radical (unpaired) electrons. The van der Waals surface area contributed by atoms with E-state index in [2.05, 4.69) is 17.1 Å². The third-order valence-corrected chi connectivity index (χ3v) is 3.27. The van der Waals surface area contributed by atoms with Gasteiger partial charge in [0.2, 0.25) is 11.7 Å². The molecule has 5 nitrogen and oxygen atoms in total. The molecule has 2 rings (SSSR count). The maximum atomic E-state index is 9.73. The average molecular weight is 290 g/mol. The molecule has 0 bridgehead atoms. The molecule has 0 saturated heterocycles. The molecule has 1 heterocycles. The Morgan fingerprint density at radius 1 is 1.24 bits per heavy atom. The van der Waals surface area contributed by atoms with Gasteiger partial charge in [-0.15, -0.1) is 0 Å². The third-order valence-electron chi connectivity index (χ3n) is 3.27. The van der Waals surface area contributed by atoms with E-state index in [1.54, 1.807) is 0 Å². The molecule has 21 heavy (non-hydrogen) atoms. The predicted molar refractivity (Wildman–Crippen MR) is 78.9 cm³/mol. The van der Waals surface area contributed by atoms with Gasteiger partial charge in [-0.25, -0.2) is 0 Å². The Hall–Kier alpha value is -1.88. The van der Waals surface area contributed by atoms with Gasteiger partial charge in [-0.2, -0.15) is 4.98 Å². The SMILES string of the molecule is CCCCc1nc(COc2ccc(C(O)CC)cc2)no1. The van der Waals surface area contributed by atoms with Crippen molar-refractivity contribution in [3.8, 4) is 5.75 Å². The normalized spacial score (nSPS) is 12.3. The van der Waals surface area contributed by atoms with E-state index >= 15 is 0 Å². The molecule has 0 aliphatic carbocycles. The molecular formula is C16H22N2O3. The fourth-order valence-corrected chi connectivity index (χ4v) is 1.95. The van der Waals surface area contributed by atoms with E-state index in [9.17, 15) is 5.11 Å². The predicted octanol–water partition coefficient (Wildman–Crippen LogP) is 3.43. The standard InChI is InChI=1S/C16H22N2O3/c1-3-5-6-16-17-15(18-21-16)11-20-13-9-7-12(8-10-13)14(19)4-2/h7-10,14,19H,3-6,11H2,1-2H3. The van der Waals surface area contributed by atoms with Gasteiger partial charge in [0.1, 0.15) is 5.75 Å². The van der Waals surface area contributed by atoms with Crippen LogP contribution in [0.25, 0.3) is 0 Å². The van der Waals surface area contributed by atoms with E-state index in [1.165, 1.54) is 0 Å². The minimum absolute atomic E-state index is 0.283. The van der Waals surface area contributed by atoms with Crippen LogP contribution in [0.2, 0.25) is 0 Å². The molecule has 0 aliphatic rings. The molecule has 0 spiro atoms.